The van der Waals surface area contributed by atoms with Gasteiger partial charge in [0.2, 0.25) is 23.6 Å². The maximum Gasteiger partial charge on any atom is 0.257 e. The van der Waals surface area contributed by atoms with E-state index in [-0.39, 0.29) is 53.3 Å². The van der Waals surface area contributed by atoms with Crippen LogP contribution in [0, 0.1) is 34.5 Å². The zero-order chi connectivity index (χ0) is 25.9. The SMILES string of the molecule is CC(C)(C)[C@H](NC(=O)C1CC(F)(F)C1)C(=O)N1C[C@H]2[C@@H]([C@H]1C(=O)NNC[C@@H]1CCNC1=O)C2(C)C.Cl. The van der Waals surface area contributed by atoms with Gasteiger partial charge in [-0.15, -0.1) is 12.4 Å². The molecule has 4 N–H and O–H groups in total. The number of hydrogen-bond acceptors (Lipinski definition) is 5. The first-order chi connectivity index (χ1) is 16.1. The summed E-state index contributed by atoms with van der Waals surface area (Å²) >= 11 is 0. The van der Waals surface area contributed by atoms with Gasteiger partial charge in [-0.2, -0.15) is 0 Å². The smallest absolute Gasteiger partial charge is 0.257 e. The molecule has 0 aromatic rings. The van der Waals surface area contributed by atoms with Gasteiger partial charge in [-0.1, -0.05) is 34.6 Å². The third-order valence-electron chi connectivity index (χ3n) is 8.34. The van der Waals surface area contributed by atoms with Gasteiger partial charge in [0, 0.05) is 38.4 Å². The van der Waals surface area contributed by atoms with E-state index in [0.717, 1.165) is 0 Å². The van der Waals surface area contributed by atoms with Crippen molar-refractivity contribution in [1.29, 1.82) is 0 Å². The minimum Gasteiger partial charge on any atom is -0.356 e. The summed E-state index contributed by atoms with van der Waals surface area (Å²) in [5.41, 5.74) is 4.75. The molecule has 4 fully saturated rings. The Kier molecular flexibility index (Phi) is 7.70. The molecule has 2 aliphatic heterocycles. The van der Waals surface area contributed by atoms with E-state index < -0.39 is 48.1 Å². The summed E-state index contributed by atoms with van der Waals surface area (Å²) in [7, 11) is 0. The predicted octanol–water partition coefficient (Wildman–Crippen LogP) is 1.22. The van der Waals surface area contributed by atoms with Crippen LogP contribution in [-0.2, 0) is 19.2 Å². The molecule has 0 aromatic heterocycles. The number of alkyl halides is 2. The fraction of sp³-hybridized carbons (Fsp3) is 0.833. The summed E-state index contributed by atoms with van der Waals surface area (Å²) in [6, 6.07) is -1.67. The predicted molar refractivity (Wildman–Crippen MR) is 130 cm³/mol. The van der Waals surface area contributed by atoms with Crippen molar-refractivity contribution in [2.75, 3.05) is 19.6 Å². The molecule has 2 heterocycles. The monoisotopic (exact) mass is 533 g/mol. The molecule has 0 radical (unpaired) electrons. The minimum absolute atomic E-state index is 0. The van der Waals surface area contributed by atoms with E-state index in [0.29, 0.717) is 26.1 Å². The zero-order valence-corrected chi connectivity index (χ0v) is 22.3. The van der Waals surface area contributed by atoms with Gasteiger partial charge >= 0.3 is 0 Å². The van der Waals surface area contributed by atoms with E-state index in [4.69, 9.17) is 0 Å². The van der Waals surface area contributed by atoms with Gasteiger partial charge in [0.25, 0.3) is 5.91 Å². The standard InChI is InChI=1S/C24H37F2N5O4.ClH/c1-22(2,3)17(29-19(33)13-8-24(25,26)9-13)21(35)31-11-14-15(23(14,4)5)16(31)20(34)30-28-10-12-6-7-27-18(12)32;/h12-17,28H,6-11H2,1-5H3,(H,27,32)(H,29,33)(H,30,34);1H/t12-,14-,15-,16-,17+;/m0./s1. The van der Waals surface area contributed by atoms with E-state index in [9.17, 15) is 28.0 Å². The molecule has 2 aliphatic carbocycles. The Bertz CT molecular complexity index is 917. The summed E-state index contributed by atoms with van der Waals surface area (Å²) in [6.07, 6.45) is -0.337. The van der Waals surface area contributed by atoms with E-state index in [1.165, 1.54) is 4.90 Å². The molecule has 4 rings (SSSR count). The van der Waals surface area contributed by atoms with Crippen LogP contribution in [-0.4, -0.2) is 66.2 Å². The van der Waals surface area contributed by atoms with Crippen LogP contribution in [0.2, 0.25) is 0 Å². The summed E-state index contributed by atoms with van der Waals surface area (Å²) in [6.45, 7) is 10.8. The summed E-state index contributed by atoms with van der Waals surface area (Å²) in [5, 5.41) is 5.46. The molecule has 36 heavy (non-hydrogen) atoms. The van der Waals surface area contributed by atoms with Crippen LogP contribution in [0.25, 0.3) is 0 Å². The number of nitrogens with one attached hydrogen (secondary N) is 4. The highest BCUT2D eigenvalue weighted by atomic mass is 35.5. The largest absolute Gasteiger partial charge is 0.356 e. The van der Waals surface area contributed by atoms with Crippen LogP contribution in [0.1, 0.15) is 53.9 Å². The van der Waals surface area contributed by atoms with Crippen molar-refractivity contribution in [3.05, 3.63) is 0 Å². The zero-order valence-electron chi connectivity index (χ0n) is 21.5. The number of nitrogens with zero attached hydrogens (tertiary/aromatic N) is 1. The maximum absolute atomic E-state index is 13.7. The number of halogens is 3. The van der Waals surface area contributed by atoms with Crippen molar-refractivity contribution in [2.45, 2.75) is 71.9 Å². The van der Waals surface area contributed by atoms with Crippen molar-refractivity contribution in [3.63, 3.8) is 0 Å². The first-order valence-electron chi connectivity index (χ1n) is 12.4. The Morgan fingerprint density at radius 3 is 2.33 bits per heavy atom. The number of hydrogen-bond donors (Lipinski definition) is 4. The van der Waals surface area contributed by atoms with E-state index in [1.807, 2.05) is 0 Å². The van der Waals surface area contributed by atoms with Crippen LogP contribution >= 0.6 is 12.4 Å². The van der Waals surface area contributed by atoms with Crippen molar-refractivity contribution >= 4 is 36.0 Å². The van der Waals surface area contributed by atoms with E-state index >= 15 is 0 Å². The molecule has 0 aromatic carbocycles. The second-order valence-corrected chi connectivity index (χ2v) is 12.3. The van der Waals surface area contributed by atoms with Crippen molar-refractivity contribution in [1.82, 2.24) is 26.4 Å². The number of carbonyl (C=O) groups excluding carboxylic acids is 4. The summed E-state index contributed by atoms with van der Waals surface area (Å²) < 4.78 is 26.6. The first-order valence-corrected chi connectivity index (χ1v) is 12.4. The van der Waals surface area contributed by atoms with Crippen LogP contribution in [0.3, 0.4) is 0 Å². The molecule has 2 saturated carbocycles. The molecule has 4 amide bonds. The number of amides is 4. The molecule has 0 bridgehead atoms. The lowest BCUT2D eigenvalue weighted by atomic mass is 9.79. The molecule has 204 valence electrons. The Morgan fingerprint density at radius 1 is 1.17 bits per heavy atom. The van der Waals surface area contributed by atoms with Crippen molar-refractivity contribution < 1.29 is 28.0 Å². The second-order valence-electron chi connectivity index (χ2n) is 12.3. The number of likely N-dealkylation sites (tertiary alicyclic amines) is 1. The summed E-state index contributed by atoms with van der Waals surface area (Å²) in [5.74, 6) is -5.07. The Hall–Kier alpha value is -2.01. The van der Waals surface area contributed by atoms with Gasteiger partial charge in [0.1, 0.15) is 12.1 Å². The maximum atomic E-state index is 13.7. The molecule has 0 unspecified atom stereocenters. The third-order valence-corrected chi connectivity index (χ3v) is 8.34. The average Bonchev–Trinajstić information content (AvgIpc) is 3.09. The van der Waals surface area contributed by atoms with E-state index in [2.05, 4.69) is 35.3 Å². The Labute approximate surface area is 216 Å². The van der Waals surface area contributed by atoms with Crippen molar-refractivity contribution in [3.8, 4) is 0 Å². The van der Waals surface area contributed by atoms with Gasteiger partial charge < -0.3 is 15.5 Å². The van der Waals surface area contributed by atoms with Crippen LogP contribution in [0.5, 0.6) is 0 Å². The average molecular weight is 534 g/mol. The van der Waals surface area contributed by atoms with Gasteiger partial charge in [0.05, 0.1) is 5.92 Å². The lowest BCUT2D eigenvalue weighted by Crippen LogP contribution is -2.61. The van der Waals surface area contributed by atoms with Crippen molar-refractivity contribution in [2.24, 2.45) is 34.5 Å². The van der Waals surface area contributed by atoms with Gasteiger partial charge in [0.15, 0.2) is 0 Å². The first kappa shape index (κ1) is 28.6. The highest BCUT2D eigenvalue weighted by molar-refractivity contribution is 5.94. The molecule has 9 nitrogen and oxygen atoms in total. The molecule has 0 spiro atoms. The highest BCUT2D eigenvalue weighted by Crippen LogP contribution is 2.65. The molecule has 2 saturated heterocycles. The molecule has 4 aliphatic rings. The van der Waals surface area contributed by atoms with E-state index in [1.54, 1.807) is 20.8 Å². The Balaban J connectivity index is 0.00000361. The molecular weight excluding hydrogens is 496 g/mol. The number of hydrazine groups is 1. The lowest BCUT2D eigenvalue weighted by molar-refractivity contribution is -0.155. The number of fused-ring (bicyclic) bond motifs is 1. The minimum atomic E-state index is -2.83. The number of piperidine rings is 1. The molecular formula is C24H38ClF2N5O4. The quantitative estimate of drug-likeness (QED) is 0.367. The molecule has 12 heteroatoms. The number of rotatable bonds is 7. The van der Waals surface area contributed by atoms with Gasteiger partial charge in [-0.05, 0) is 29.1 Å². The third kappa shape index (κ3) is 5.32. The fourth-order valence-corrected chi connectivity index (χ4v) is 5.91. The van der Waals surface area contributed by atoms with Gasteiger partial charge in [-0.3, -0.25) is 24.6 Å². The topological polar surface area (TPSA) is 120 Å². The lowest BCUT2D eigenvalue weighted by Gasteiger charge is -2.40. The highest BCUT2D eigenvalue weighted by Gasteiger charge is 2.69. The van der Waals surface area contributed by atoms with Crippen LogP contribution in [0.4, 0.5) is 8.78 Å². The van der Waals surface area contributed by atoms with Crippen LogP contribution in [0.15, 0.2) is 0 Å². The second kappa shape index (κ2) is 9.70. The molecule has 5 atom stereocenters. The fourth-order valence-electron chi connectivity index (χ4n) is 5.91. The summed E-state index contributed by atoms with van der Waals surface area (Å²) in [4.78, 5) is 52.9. The van der Waals surface area contributed by atoms with Gasteiger partial charge in [-0.25, -0.2) is 14.2 Å². The Morgan fingerprint density at radius 2 is 1.81 bits per heavy atom. The van der Waals surface area contributed by atoms with Crippen LogP contribution < -0.4 is 21.5 Å². The normalized spacial score (nSPS) is 30.9. The number of carbonyl (C=O) groups is 4.